The normalized spacial score (nSPS) is 16.2. The Balaban J connectivity index is 1.48. The number of nitrogens with zero attached hydrogens (tertiary/aromatic N) is 1. The molecule has 0 fully saturated rings. The van der Waals surface area contributed by atoms with Gasteiger partial charge in [0.15, 0.2) is 0 Å². The van der Waals surface area contributed by atoms with E-state index in [1.165, 1.54) is 19.2 Å². The van der Waals surface area contributed by atoms with Gasteiger partial charge < -0.3 is 15.4 Å². The second-order valence-electron chi connectivity index (χ2n) is 7.25. The van der Waals surface area contributed by atoms with Crippen LogP contribution < -0.4 is 10.6 Å². The zero-order chi connectivity index (χ0) is 22.0. The van der Waals surface area contributed by atoms with Crippen molar-refractivity contribution in [3.63, 3.8) is 0 Å². The molecule has 2 aromatic rings. The number of anilines is 1. The molecule has 0 aromatic heterocycles. The van der Waals surface area contributed by atoms with Crippen molar-refractivity contribution in [2.75, 3.05) is 25.5 Å². The first-order valence-corrected chi connectivity index (χ1v) is 9.89. The molecule has 158 valence electrons. The van der Waals surface area contributed by atoms with E-state index in [4.69, 9.17) is 4.74 Å². The summed E-state index contributed by atoms with van der Waals surface area (Å²) in [7, 11) is 1.51. The molecule has 4 rings (SSSR count). The summed E-state index contributed by atoms with van der Waals surface area (Å²) in [6.07, 6.45) is 1.88. The molecule has 2 aliphatic rings. The Kier molecular flexibility index (Phi) is 5.53. The number of rotatable bonds is 6. The van der Waals surface area contributed by atoms with Gasteiger partial charge in [-0.05, 0) is 34.4 Å². The molecule has 1 aliphatic heterocycles. The van der Waals surface area contributed by atoms with E-state index in [2.05, 4.69) is 10.6 Å². The number of amides is 4. The molecular weight excluding hydrogens is 398 g/mol. The van der Waals surface area contributed by atoms with Gasteiger partial charge in [-0.25, -0.2) is 4.79 Å². The molecular formula is C23H21N3O5. The van der Waals surface area contributed by atoms with Crippen molar-refractivity contribution < 1.29 is 23.9 Å². The van der Waals surface area contributed by atoms with Gasteiger partial charge in [0.1, 0.15) is 6.61 Å². The quantitative estimate of drug-likeness (QED) is 0.700. The van der Waals surface area contributed by atoms with E-state index in [9.17, 15) is 19.2 Å². The Morgan fingerprint density at radius 1 is 1.00 bits per heavy atom. The number of hydrogen-bond donors (Lipinski definition) is 2. The van der Waals surface area contributed by atoms with Crippen LogP contribution in [-0.4, -0.2) is 48.9 Å². The van der Waals surface area contributed by atoms with Crippen LogP contribution in [0.1, 0.15) is 23.5 Å². The molecule has 4 amide bonds. The van der Waals surface area contributed by atoms with Crippen LogP contribution in [0.3, 0.4) is 0 Å². The minimum atomic E-state index is -0.504. The van der Waals surface area contributed by atoms with Crippen molar-refractivity contribution in [3.05, 3.63) is 65.7 Å². The Hall–Kier alpha value is -3.94. The number of carbonyl (C=O) groups is 4. The first-order valence-electron chi connectivity index (χ1n) is 9.89. The van der Waals surface area contributed by atoms with Gasteiger partial charge in [0, 0.05) is 43.8 Å². The second-order valence-corrected chi connectivity index (χ2v) is 7.25. The molecule has 31 heavy (non-hydrogen) atoms. The highest BCUT2D eigenvalue weighted by Gasteiger charge is 2.30. The molecule has 2 N–H and O–H groups in total. The van der Waals surface area contributed by atoms with Crippen molar-refractivity contribution in [2.45, 2.75) is 12.3 Å². The lowest BCUT2D eigenvalue weighted by Gasteiger charge is -2.16. The van der Waals surface area contributed by atoms with Crippen LogP contribution in [0.4, 0.5) is 10.5 Å². The van der Waals surface area contributed by atoms with Gasteiger partial charge in [-0.15, -0.1) is 0 Å². The lowest BCUT2D eigenvalue weighted by molar-refractivity contribution is -0.137. The molecule has 0 spiro atoms. The molecule has 0 saturated carbocycles. The third kappa shape index (κ3) is 4.05. The van der Waals surface area contributed by atoms with E-state index in [1.54, 1.807) is 0 Å². The maximum Gasteiger partial charge on any atom is 0.406 e. The lowest BCUT2D eigenvalue weighted by Crippen LogP contribution is -2.33. The number of ether oxygens (including phenoxy) is 1. The summed E-state index contributed by atoms with van der Waals surface area (Å²) in [4.78, 5) is 48.2. The molecule has 1 unspecified atom stereocenters. The van der Waals surface area contributed by atoms with E-state index < -0.39 is 17.9 Å². The average Bonchev–Trinajstić information content (AvgIpc) is 3.26. The summed E-state index contributed by atoms with van der Waals surface area (Å²) in [6.45, 7) is 0.197. The Labute approximate surface area is 178 Å². The highest BCUT2D eigenvalue weighted by Crippen LogP contribution is 2.45. The molecule has 1 atom stereocenters. The number of hydrogen-bond acceptors (Lipinski definition) is 5. The standard InChI is InChI=1S/C23H21N3O5/c1-24-23(30)31-13-19-16-5-3-2-4-15(16)17-7-6-14(12-18(17)19)25-20(27)10-11-26-21(28)8-9-22(26)29/h2-9,12,19H,10-11,13H2,1H3,(H,24,30)(H,25,27). The number of benzene rings is 2. The summed E-state index contributed by atoms with van der Waals surface area (Å²) in [5, 5.41) is 5.26. The smallest absolute Gasteiger partial charge is 0.406 e. The van der Waals surface area contributed by atoms with E-state index in [0.717, 1.165) is 27.2 Å². The summed E-state index contributed by atoms with van der Waals surface area (Å²) in [6, 6.07) is 13.5. The molecule has 1 heterocycles. The molecule has 0 radical (unpaired) electrons. The van der Waals surface area contributed by atoms with Crippen molar-refractivity contribution in [2.24, 2.45) is 0 Å². The topological polar surface area (TPSA) is 105 Å². The van der Waals surface area contributed by atoms with E-state index in [-0.39, 0.29) is 31.4 Å². The maximum atomic E-state index is 12.4. The van der Waals surface area contributed by atoms with Gasteiger partial charge in [0.2, 0.25) is 5.91 Å². The largest absolute Gasteiger partial charge is 0.449 e. The van der Waals surface area contributed by atoms with Gasteiger partial charge in [-0.2, -0.15) is 0 Å². The van der Waals surface area contributed by atoms with E-state index in [0.29, 0.717) is 5.69 Å². The van der Waals surface area contributed by atoms with E-state index >= 15 is 0 Å². The SMILES string of the molecule is CNC(=O)OCC1c2ccccc2-c2ccc(NC(=O)CCN3C(=O)C=CC3=O)cc21. The lowest BCUT2D eigenvalue weighted by atomic mass is 9.97. The maximum absolute atomic E-state index is 12.4. The van der Waals surface area contributed by atoms with Crippen LogP contribution in [-0.2, 0) is 19.1 Å². The van der Waals surface area contributed by atoms with Crippen molar-refractivity contribution in [1.82, 2.24) is 10.2 Å². The van der Waals surface area contributed by atoms with Crippen molar-refractivity contribution in [3.8, 4) is 11.1 Å². The van der Waals surface area contributed by atoms with Gasteiger partial charge in [-0.3, -0.25) is 19.3 Å². The van der Waals surface area contributed by atoms with Crippen LogP contribution in [0, 0.1) is 0 Å². The summed E-state index contributed by atoms with van der Waals surface area (Å²) < 4.78 is 5.31. The minimum Gasteiger partial charge on any atom is -0.449 e. The molecule has 8 heteroatoms. The third-order valence-corrected chi connectivity index (χ3v) is 5.39. The Morgan fingerprint density at radius 2 is 1.71 bits per heavy atom. The van der Waals surface area contributed by atoms with Gasteiger partial charge in [0.05, 0.1) is 0 Å². The first kappa shape index (κ1) is 20.3. The number of imide groups is 1. The number of nitrogens with one attached hydrogen (secondary N) is 2. The third-order valence-electron chi connectivity index (χ3n) is 5.39. The summed E-state index contributed by atoms with van der Waals surface area (Å²) in [5.41, 5.74) is 4.71. The van der Waals surface area contributed by atoms with Crippen molar-refractivity contribution in [1.29, 1.82) is 0 Å². The van der Waals surface area contributed by atoms with Gasteiger partial charge in [0.25, 0.3) is 11.8 Å². The average molecular weight is 419 g/mol. The fourth-order valence-electron chi connectivity index (χ4n) is 3.89. The van der Waals surface area contributed by atoms with Crippen LogP contribution >= 0.6 is 0 Å². The minimum absolute atomic E-state index is 0.000316. The summed E-state index contributed by atoms with van der Waals surface area (Å²) >= 11 is 0. The predicted molar refractivity (Wildman–Crippen MR) is 113 cm³/mol. The highest BCUT2D eigenvalue weighted by atomic mass is 16.5. The fraction of sp³-hybridized carbons (Fsp3) is 0.217. The Morgan fingerprint density at radius 3 is 2.45 bits per heavy atom. The number of fused-ring (bicyclic) bond motifs is 3. The zero-order valence-corrected chi connectivity index (χ0v) is 16.9. The molecule has 2 aromatic carbocycles. The summed E-state index contributed by atoms with van der Waals surface area (Å²) in [5.74, 6) is -1.27. The van der Waals surface area contributed by atoms with Gasteiger partial charge >= 0.3 is 6.09 Å². The number of alkyl carbamates (subject to hydrolysis) is 1. The second kappa shape index (κ2) is 8.43. The predicted octanol–water partition coefficient (Wildman–Crippen LogP) is 2.41. The zero-order valence-electron chi connectivity index (χ0n) is 16.9. The first-order chi connectivity index (χ1) is 15.0. The van der Waals surface area contributed by atoms with Crippen LogP contribution in [0.5, 0.6) is 0 Å². The number of carbonyl (C=O) groups excluding carboxylic acids is 4. The van der Waals surface area contributed by atoms with Crippen molar-refractivity contribution >= 4 is 29.5 Å². The molecule has 0 bridgehead atoms. The van der Waals surface area contributed by atoms with Crippen LogP contribution in [0.25, 0.3) is 11.1 Å². The molecule has 1 aliphatic carbocycles. The monoisotopic (exact) mass is 419 g/mol. The molecule has 0 saturated heterocycles. The highest BCUT2D eigenvalue weighted by molar-refractivity contribution is 6.13. The van der Waals surface area contributed by atoms with Crippen LogP contribution in [0.15, 0.2) is 54.6 Å². The van der Waals surface area contributed by atoms with Crippen LogP contribution in [0.2, 0.25) is 0 Å². The van der Waals surface area contributed by atoms with Gasteiger partial charge in [-0.1, -0.05) is 30.3 Å². The Bertz CT molecular complexity index is 1090. The van der Waals surface area contributed by atoms with E-state index in [1.807, 2.05) is 42.5 Å². The fourth-order valence-corrected chi connectivity index (χ4v) is 3.89. The molecule has 8 nitrogen and oxygen atoms in total.